The van der Waals surface area contributed by atoms with Crippen molar-refractivity contribution in [2.75, 3.05) is 0 Å². The predicted octanol–water partition coefficient (Wildman–Crippen LogP) is 4.20. The minimum absolute atomic E-state index is 0.0931. The third-order valence-electron chi connectivity index (χ3n) is 4.22. The van der Waals surface area contributed by atoms with Gasteiger partial charge in [-0.2, -0.15) is 0 Å². The van der Waals surface area contributed by atoms with Gasteiger partial charge in [0, 0.05) is 28.6 Å². The Hall–Kier alpha value is -3.14. The second-order valence-corrected chi connectivity index (χ2v) is 5.77. The summed E-state index contributed by atoms with van der Waals surface area (Å²) >= 11 is 0. The molecule has 118 valence electrons. The topological polar surface area (TPSA) is 55.1 Å². The first-order chi connectivity index (χ1) is 11.7. The number of hydrogen-bond donors (Lipinski definition) is 1. The first-order valence-corrected chi connectivity index (χ1v) is 7.89. The van der Waals surface area contributed by atoms with Crippen molar-refractivity contribution in [2.24, 2.45) is 0 Å². The fourth-order valence-corrected chi connectivity index (χ4v) is 3.14. The lowest BCUT2D eigenvalue weighted by Gasteiger charge is -2.07. The standard InChI is InChI=1S/C20H16N2O2/c23-20(24)11-10-14-12-17-16-8-4-5-9-18(16)22(19(17)13-21-14)15-6-2-1-3-7-15/h1-9,12-13H,10-11H2,(H,23,24). The number of carboxylic acids is 1. The van der Waals surface area contributed by atoms with E-state index in [4.69, 9.17) is 5.11 Å². The molecule has 2 aromatic heterocycles. The molecule has 0 saturated carbocycles. The molecule has 1 N–H and O–H groups in total. The highest BCUT2D eigenvalue weighted by atomic mass is 16.4. The quantitative estimate of drug-likeness (QED) is 0.614. The molecule has 0 aliphatic carbocycles. The van der Waals surface area contributed by atoms with Gasteiger partial charge in [0.25, 0.3) is 0 Å². The van der Waals surface area contributed by atoms with Crippen LogP contribution in [0.2, 0.25) is 0 Å². The smallest absolute Gasteiger partial charge is 0.303 e. The maximum Gasteiger partial charge on any atom is 0.303 e. The van der Waals surface area contributed by atoms with Gasteiger partial charge in [-0.25, -0.2) is 0 Å². The van der Waals surface area contributed by atoms with E-state index >= 15 is 0 Å². The number of pyridine rings is 1. The van der Waals surface area contributed by atoms with E-state index in [9.17, 15) is 4.79 Å². The number of aryl methyl sites for hydroxylation is 1. The van der Waals surface area contributed by atoms with Crippen LogP contribution in [0.1, 0.15) is 12.1 Å². The van der Waals surface area contributed by atoms with Gasteiger partial charge in [-0.3, -0.25) is 9.78 Å². The van der Waals surface area contributed by atoms with Crippen LogP contribution in [0.15, 0.2) is 66.9 Å². The predicted molar refractivity (Wildman–Crippen MR) is 94.5 cm³/mol. The molecule has 4 nitrogen and oxygen atoms in total. The van der Waals surface area contributed by atoms with E-state index in [2.05, 4.69) is 33.8 Å². The minimum atomic E-state index is -0.802. The summed E-state index contributed by atoms with van der Waals surface area (Å²) in [6, 6.07) is 20.4. The number of para-hydroxylation sites is 2. The largest absolute Gasteiger partial charge is 0.481 e. The first-order valence-electron chi connectivity index (χ1n) is 7.89. The van der Waals surface area contributed by atoms with Crippen molar-refractivity contribution in [1.29, 1.82) is 0 Å². The number of aliphatic carboxylic acids is 1. The molecule has 4 aromatic rings. The van der Waals surface area contributed by atoms with Crippen molar-refractivity contribution < 1.29 is 9.90 Å². The average Bonchev–Trinajstić information content (AvgIpc) is 2.94. The van der Waals surface area contributed by atoms with Crippen molar-refractivity contribution in [1.82, 2.24) is 9.55 Å². The van der Waals surface area contributed by atoms with Gasteiger partial charge in [0.1, 0.15) is 0 Å². The third-order valence-corrected chi connectivity index (χ3v) is 4.22. The molecule has 0 unspecified atom stereocenters. The zero-order chi connectivity index (χ0) is 16.5. The fourth-order valence-electron chi connectivity index (χ4n) is 3.14. The van der Waals surface area contributed by atoms with Crippen LogP contribution in [0.25, 0.3) is 27.5 Å². The number of nitrogens with zero attached hydrogens (tertiary/aromatic N) is 2. The normalized spacial score (nSPS) is 11.2. The van der Waals surface area contributed by atoms with Gasteiger partial charge in [0.15, 0.2) is 0 Å². The van der Waals surface area contributed by atoms with E-state index in [0.717, 1.165) is 33.2 Å². The molecule has 0 radical (unpaired) electrons. The molecular weight excluding hydrogens is 300 g/mol. The molecule has 2 heterocycles. The van der Waals surface area contributed by atoms with Crippen molar-refractivity contribution >= 4 is 27.8 Å². The lowest BCUT2D eigenvalue weighted by atomic mass is 10.1. The molecule has 0 bridgehead atoms. The fraction of sp³-hybridized carbons (Fsp3) is 0.100. The van der Waals surface area contributed by atoms with E-state index in [0.29, 0.717) is 6.42 Å². The molecule has 0 spiro atoms. The number of fused-ring (bicyclic) bond motifs is 3. The Morgan fingerprint density at radius 2 is 1.71 bits per heavy atom. The number of hydrogen-bond acceptors (Lipinski definition) is 2. The van der Waals surface area contributed by atoms with Gasteiger partial charge >= 0.3 is 5.97 Å². The van der Waals surface area contributed by atoms with E-state index in [1.54, 1.807) is 0 Å². The van der Waals surface area contributed by atoms with E-state index < -0.39 is 5.97 Å². The lowest BCUT2D eigenvalue weighted by molar-refractivity contribution is -0.136. The molecule has 4 rings (SSSR count). The van der Waals surface area contributed by atoms with Crippen LogP contribution in [0.4, 0.5) is 0 Å². The highest BCUT2D eigenvalue weighted by Gasteiger charge is 2.13. The Balaban J connectivity index is 1.96. The molecular formula is C20H16N2O2. The highest BCUT2D eigenvalue weighted by molar-refractivity contribution is 6.09. The number of carbonyl (C=O) groups is 1. The van der Waals surface area contributed by atoms with Crippen molar-refractivity contribution in [3.8, 4) is 5.69 Å². The zero-order valence-electron chi connectivity index (χ0n) is 13.0. The summed E-state index contributed by atoms with van der Waals surface area (Å²) in [5, 5.41) is 11.1. The number of rotatable bonds is 4. The minimum Gasteiger partial charge on any atom is -0.481 e. The molecule has 0 saturated heterocycles. The van der Waals surface area contributed by atoms with Crippen LogP contribution >= 0.6 is 0 Å². The summed E-state index contributed by atoms with van der Waals surface area (Å²) in [7, 11) is 0. The SMILES string of the molecule is O=C(O)CCc1cc2c3ccccc3n(-c3ccccc3)c2cn1. The Morgan fingerprint density at radius 1 is 0.958 bits per heavy atom. The van der Waals surface area contributed by atoms with Crippen LogP contribution in [0.3, 0.4) is 0 Å². The van der Waals surface area contributed by atoms with Gasteiger partial charge in [-0.1, -0.05) is 36.4 Å². The third kappa shape index (κ3) is 2.42. The van der Waals surface area contributed by atoms with Crippen LogP contribution in [0.5, 0.6) is 0 Å². The van der Waals surface area contributed by atoms with Crippen LogP contribution in [-0.4, -0.2) is 20.6 Å². The number of aromatic nitrogens is 2. The van der Waals surface area contributed by atoms with Crippen molar-refractivity contribution in [3.05, 3.63) is 72.6 Å². The highest BCUT2D eigenvalue weighted by Crippen LogP contribution is 2.31. The first kappa shape index (κ1) is 14.5. The summed E-state index contributed by atoms with van der Waals surface area (Å²) in [6.07, 6.45) is 2.38. The monoisotopic (exact) mass is 316 g/mol. The molecule has 0 atom stereocenters. The van der Waals surface area contributed by atoms with Gasteiger partial charge in [-0.05, 0) is 24.3 Å². The second kappa shape index (κ2) is 5.81. The maximum absolute atomic E-state index is 10.8. The van der Waals surface area contributed by atoms with Gasteiger partial charge < -0.3 is 9.67 Å². The molecule has 2 aromatic carbocycles. The molecule has 4 heteroatoms. The van der Waals surface area contributed by atoms with Gasteiger partial charge in [0.05, 0.1) is 23.7 Å². The molecule has 0 fully saturated rings. The number of benzene rings is 2. The van der Waals surface area contributed by atoms with Crippen LogP contribution < -0.4 is 0 Å². The van der Waals surface area contributed by atoms with Crippen LogP contribution in [0, 0.1) is 0 Å². The molecule has 0 aliphatic heterocycles. The van der Waals surface area contributed by atoms with Gasteiger partial charge in [0.2, 0.25) is 0 Å². The summed E-state index contributed by atoms with van der Waals surface area (Å²) < 4.78 is 2.19. The molecule has 0 aliphatic rings. The van der Waals surface area contributed by atoms with E-state index in [1.807, 2.05) is 42.6 Å². The second-order valence-electron chi connectivity index (χ2n) is 5.77. The Bertz CT molecular complexity index is 1040. The van der Waals surface area contributed by atoms with Crippen molar-refractivity contribution in [3.63, 3.8) is 0 Å². The summed E-state index contributed by atoms with van der Waals surface area (Å²) in [5.41, 5.74) is 4.04. The summed E-state index contributed by atoms with van der Waals surface area (Å²) in [4.78, 5) is 15.3. The lowest BCUT2D eigenvalue weighted by Crippen LogP contribution is -1.99. The molecule has 24 heavy (non-hydrogen) atoms. The molecule has 0 amide bonds. The summed E-state index contributed by atoms with van der Waals surface area (Å²) in [6.45, 7) is 0. The maximum atomic E-state index is 10.8. The average molecular weight is 316 g/mol. The van der Waals surface area contributed by atoms with Crippen LogP contribution in [-0.2, 0) is 11.2 Å². The zero-order valence-corrected chi connectivity index (χ0v) is 13.0. The van der Waals surface area contributed by atoms with Gasteiger partial charge in [-0.15, -0.1) is 0 Å². The Labute approximate surface area is 139 Å². The van der Waals surface area contributed by atoms with E-state index in [-0.39, 0.29) is 6.42 Å². The Kier molecular flexibility index (Phi) is 3.50. The Morgan fingerprint density at radius 3 is 2.50 bits per heavy atom. The van der Waals surface area contributed by atoms with Crippen molar-refractivity contribution in [2.45, 2.75) is 12.8 Å². The van der Waals surface area contributed by atoms with E-state index in [1.165, 1.54) is 0 Å². The summed E-state index contributed by atoms with van der Waals surface area (Å²) in [5.74, 6) is -0.802. The number of carboxylic acid groups (broad SMARTS) is 1.